The number of ether oxygens (including phenoxy) is 1. The Morgan fingerprint density at radius 1 is 1.09 bits per heavy atom. The fraction of sp³-hybridized carbons (Fsp3) is 0.462. The van der Waals surface area contributed by atoms with E-state index in [0.29, 0.717) is 38.6 Å². The zero-order valence-corrected chi connectivity index (χ0v) is 22.1. The second-order valence-electron chi connectivity index (χ2n) is 8.37. The van der Waals surface area contributed by atoms with Crippen LogP contribution in [0.25, 0.3) is 0 Å². The summed E-state index contributed by atoms with van der Waals surface area (Å²) in [6.07, 6.45) is 1.63. The van der Waals surface area contributed by atoms with Crippen LogP contribution in [-0.2, 0) is 29.2 Å². The van der Waals surface area contributed by atoms with Gasteiger partial charge in [0.25, 0.3) is 0 Å². The average molecular weight is 565 g/mol. The van der Waals surface area contributed by atoms with Crippen LogP contribution in [0.1, 0.15) is 43.4 Å². The van der Waals surface area contributed by atoms with Crippen LogP contribution < -0.4 is 10.6 Å². The molecule has 6 nitrogen and oxygen atoms in total. The van der Waals surface area contributed by atoms with E-state index in [9.17, 15) is 4.79 Å². The summed E-state index contributed by atoms with van der Waals surface area (Å²) < 4.78 is 5.86. The molecule has 0 aromatic heterocycles. The van der Waals surface area contributed by atoms with Gasteiger partial charge in [-0.3, -0.25) is 4.79 Å². The summed E-state index contributed by atoms with van der Waals surface area (Å²) in [5.41, 5.74) is 3.52. The molecule has 0 saturated carbocycles. The van der Waals surface area contributed by atoms with Gasteiger partial charge in [-0.25, -0.2) is 4.99 Å². The molecular formula is C26H37IN4O2. The standard InChI is InChI=1S/C26H36N4O2.HI/c1-3-27-26(28-16-21(2)19-32-20-22-10-5-4-6-11-22)29-17-23-12-7-8-13-24(23)18-30-15-9-14-25(30)31;/h4-8,10-13,21H,3,9,14-20H2,1-2H3,(H2,27,28,29);1H. The second-order valence-corrected chi connectivity index (χ2v) is 8.37. The lowest BCUT2D eigenvalue weighted by Gasteiger charge is -2.18. The summed E-state index contributed by atoms with van der Waals surface area (Å²) in [6, 6.07) is 18.5. The zero-order valence-electron chi connectivity index (χ0n) is 19.8. The highest BCUT2D eigenvalue weighted by atomic mass is 127. The summed E-state index contributed by atoms with van der Waals surface area (Å²) in [7, 11) is 0. The van der Waals surface area contributed by atoms with Crippen molar-refractivity contribution in [3.05, 3.63) is 71.3 Å². The smallest absolute Gasteiger partial charge is 0.222 e. The van der Waals surface area contributed by atoms with Crippen LogP contribution in [0.2, 0.25) is 0 Å². The van der Waals surface area contributed by atoms with Crippen molar-refractivity contribution >= 4 is 35.8 Å². The number of aliphatic imine (C=N–C) groups is 1. The van der Waals surface area contributed by atoms with Gasteiger partial charge in [0.1, 0.15) is 0 Å². The van der Waals surface area contributed by atoms with E-state index < -0.39 is 0 Å². The molecule has 1 unspecified atom stereocenters. The van der Waals surface area contributed by atoms with Gasteiger partial charge in [0.2, 0.25) is 5.91 Å². The van der Waals surface area contributed by atoms with Crippen LogP contribution in [0.15, 0.2) is 59.6 Å². The lowest BCUT2D eigenvalue weighted by atomic mass is 10.1. The molecule has 1 amide bonds. The molecule has 33 heavy (non-hydrogen) atoms. The molecule has 1 fully saturated rings. The van der Waals surface area contributed by atoms with Crippen LogP contribution in [0.3, 0.4) is 0 Å². The summed E-state index contributed by atoms with van der Waals surface area (Å²) >= 11 is 0. The Hall–Kier alpha value is -2.13. The molecule has 0 aliphatic carbocycles. The number of halogens is 1. The number of rotatable bonds is 11. The fourth-order valence-electron chi connectivity index (χ4n) is 3.73. The topological polar surface area (TPSA) is 66.0 Å². The molecule has 0 bridgehead atoms. The SMILES string of the molecule is CCNC(=NCc1ccccc1CN1CCCC1=O)NCC(C)COCc1ccccc1.I. The number of amides is 1. The molecular weight excluding hydrogens is 527 g/mol. The van der Waals surface area contributed by atoms with E-state index >= 15 is 0 Å². The monoisotopic (exact) mass is 564 g/mol. The van der Waals surface area contributed by atoms with Crippen molar-refractivity contribution in [2.45, 2.75) is 46.4 Å². The van der Waals surface area contributed by atoms with Crippen molar-refractivity contribution in [2.24, 2.45) is 10.9 Å². The predicted octanol–water partition coefficient (Wildman–Crippen LogP) is 4.34. The molecule has 1 aliphatic heterocycles. The molecule has 1 saturated heterocycles. The predicted molar refractivity (Wildman–Crippen MR) is 145 cm³/mol. The minimum absolute atomic E-state index is 0. The van der Waals surface area contributed by atoms with Crippen LogP contribution in [0, 0.1) is 5.92 Å². The molecule has 0 spiro atoms. The highest BCUT2D eigenvalue weighted by molar-refractivity contribution is 14.0. The minimum atomic E-state index is 0. The molecule has 1 heterocycles. The first-order chi connectivity index (χ1) is 15.7. The zero-order chi connectivity index (χ0) is 22.6. The maximum atomic E-state index is 12.0. The third-order valence-corrected chi connectivity index (χ3v) is 5.53. The maximum Gasteiger partial charge on any atom is 0.222 e. The van der Waals surface area contributed by atoms with E-state index in [1.807, 2.05) is 35.2 Å². The van der Waals surface area contributed by atoms with Gasteiger partial charge in [0.15, 0.2) is 5.96 Å². The molecule has 7 heteroatoms. The van der Waals surface area contributed by atoms with Crippen LogP contribution >= 0.6 is 24.0 Å². The largest absolute Gasteiger partial charge is 0.376 e. The number of nitrogens with zero attached hydrogens (tertiary/aromatic N) is 2. The Morgan fingerprint density at radius 2 is 1.82 bits per heavy atom. The number of carbonyl (C=O) groups is 1. The molecule has 1 atom stereocenters. The first-order valence-electron chi connectivity index (χ1n) is 11.6. The molecule has 180 valence electrons. The fourth-order valence-corrected chi connectivity index (χ4v) is 3.73. The number of likely N-dealkylation sites (tertiary alicyclic amines) is 1. The van der Waals surface area contributed by atoms with E-state index in [1.54, 1.807) is 0 Å². The Labute approximate surface area is 215 Å². The van der Waals surface area contributed by atoms with E-state index in [-0.39, 0.29) is 29.9 Å². The average Bonchev–Trinajstić information content (AvgIpc) is 3.21. The lowest BCUT2D eigenvalue weighted by molar-refractivity contribution is -0.128. The Balaban J connectivity index is 0.00000385. The van der Waals surface area contributed by atoms with Gasteiger partial charge in [0.05, 0.1) is 19.8 Å². The number of benzene rings is 2. The molecule has 3 rings (SSSR count). The van der Waals surface area contributed by atoms with Crippen molar-refractivity contribution in [1.82, 2.24) is 15.5 Å². The summed E-state index contributed by atoms with van der Waals surface area (Å²) in [6.45, 7) is 9.24. The Morgan fingerprint density at radius 3 is 2.52 bits per heavy atom. The quantitative estimate of drug-likeness (QED) is 0.242. The first-order valence-corrected chi connectivity index (χ1v) is 11.6. The van der Waals surface area contributed by atoms with Gasteiger partial charge >= 0.3 is 0 Å². The van der Waals surface area contributed by atoms with Gasteiger partial charge in [-0.15, -0.1) is 24.0 Å². The van der Waals surface area contributed by atoms with Gasteiger partial charge in [-0.1, -0.05) is 61.5 Å². The van der Waals surface area contributed by atoms with E-state index in [0.717, 1.165) is 37.6 Å². The number of hydrogen-bond acceptors (Lipinski definition) is 3. The molecule has 0 radical (unpaired) electrons. The molecule has 1 aliphatic rings. The van der Waals surface area contributed by atoms with Crippen LogP contribution in [-0.4, -0.2) is 43.0 Å². The van der Waals surface area contributed by atoms with E-state index in [1.165, 1.54) is 11.1 Å². The first kappa shape index (κ1) is 27.1. The maximum absolute atomic E-state index is 12.0. The number of hydrogen-bond donors (Lipinski definition) is 2. The third kappa shape index (κ3) is 9.33. The summed E-state index contributed by atoms with van der Waals surface area (Å²) in [5.74, 6) is 1.41. The van der Waals surface area contributed by atoms with Gasteiger partial charge < -0.3 is 20.3 Å². The van der Waals surface area contributed by atoms with E-state index in [4.69, 9.17) is 9.73 Å². The second kappa shape index (κ2) is 14.9. The summed E-state index contributed by atoms with van der Waals surface area (Å²) in [4.78, 5) is 18.7. The molecule has 2 aromatic carbocycles. The lowest BCUT2D eigenvalue weighted by Crippen LogP contribution is -2.40. The van der Waals surface area contributed by atoms with Crippen molar-refractivity contribution in [3.63, 3.8) is 0 Å². The van der Waals surface area contributed by atoms with Crippen molar-refractivity contribution < 1.29 is 9.53 Å². The van der Waals surface area contributed by atoms with Crippen molar-refractivity contribution in [1.29, 1.82) is 0 Å². The van der Waals surface area contributed by atoms with Gasteiger partial charge in [-0.2, -0.15) is 0 Å². The number of nitrogens with one attached hydrogen (secondary N) is 2. The Bertz CT molecular complexity index is 876. The van der Waals surface area contributed by atoms with Gasteiger partial charge in [0, 0.05) is 32.6 Å². The number of guanidine groups is 1. The Kier molecular flexibility index (Phi) is 12.2. The van der Waals surface area contributed by atoms with Gasteiger partial charge in [-0.05, 0) is 36.0 Å². The molecule has 2 aromatic rings. The normalized spacial score (nSPS) is 14.7. The molecule has 2 N–H and O–H groups in total. The van der Waals surface area contributed by atoms with Crippen LogP contribution in [0.5, 0.6) is 0 Å². The van der Waals surface area contributed by atoms with E-state index in [2.05, 4.69) is 48.7 Å². The highest BCUT2D eigenvalue weighted by Crippen LogP contribution is 2.17. The third-order valence-electron chi connectivity index (χ3n) is 5.53. The van der Waals surface area contributed by atoms with Crippen molar-refractivity contribution in [2.75, 3.05) is 26.2 Å². The number of carbonyl (C=O) groups excluding carboxylic acids is 1. The van der Waals surface area contributed by atoms with Crippen molar-refractivity contribution in [3.8, 4) is 0 Å². The highest BCUT2D eigenvalue weighted by Gasteiger charge is 2.20. The van der Waals surface area contributed by atoms with Crippen LogP contribution in [0.4, 0.5) is 0 Å². The summed E-state index contributed by atoms with van der Waals surface area (Å²) in [5, 5.41) is 6.76. The minimum Gasteiger partial charge on any atom is -0.376 e.